The fourth-order valence-electron chi connectivity index (χ4n) is 2.42. The van der Waals surface area contributed by atoms with Crippen LogP contribution in [0.3, 0.4) is 0 Å². The van der Waals surface area contributed by atoms with Crippen LogP contribution in [0.2, 0.25) is 0 Å². The van der Waals surface area contributed by atoms with E-state index in [2.05, 4.69) is 26.5 Å². The van der Waals surface area contributed by atoms with Gasteiger partial charge < -0.3 is 0 Å². The SMILES string of the molecule is C=CCCCCC(CCC)CCCCCC. The van der Waals surface area contributed by atoms with Crippen molar-refractivity contribution in [2.75, 3.05) is 0 Å². The molecule has 0 heteroatoms. The predicted molar refractivity (Wildman–Crippen MR) is 75.8 cm³/mol. The Hall–Kier alpha value is -0.260. The zero-order chi connectivity index (χ0) is 12.1. The van der Waals surface area contributed by atoms with E-state index >= 15 is 0 Å². The second kappa shape index (κ2) is 12.8. The molecule has 0 aliphatic rings. The molecule has 0 spiro atoms. The summed E-state index contributed by atoms with van der Waals surface area (Å²) in [5, 5.41) is 0. The van der Waals surface area contributed by atoms with Gasteiger partial charge in [-0.3, -0.25) is 0 Å². The van der Waals surface area contributed by atoms with Gasteiger partial charge in [0.15, 0.2) is 0 Å². The minimum atomic E-state index is 1.01. The molecule has 0 amide bonds. The van der Waals surface area contributed by atoms with Gasteiger partial charge in [-0.1, -0.05) is 77.7 Å². The van der Waals surface area contributed by atoms with Crippen LogP contribution in [0.1, 0.15) is 84.5 Å². The number of hydrogen-bond donors (Lipinski definition) is 0. The van der Waals surface area contributed by atoms with Gasteiger partial charge in [0.1, 0.15) is 0 Å². The van der Waals surface area contributed by atoms with Crippen molar-refractivity contribution in [1.82, 2.24) is 0 Å². The van der Waals surface area contributed by atoms with E-state index in [1.807, 2.05) is 0 Å². The van der Waals surface area contributed by atoms with Gasteiger partial charge in [-0.25, -0.2) is 0 Å². The van der Waals surface area contributed by atoms with Crippen LogP contribution in [0.4, 0.5) is 0 Å². The molecule has 0 aromatic carbocycles. The molecule has 0 nitrogen and oxygen atoms in total. The Morgan fingerprint density at radius 1 is 0.812 bits per heavy atom. The molecule has 0 aromatic heterocycles. The first-order valence-electron chi connectivity index (χ1n) is 7.46. The zero-order valence-corrected chi connectivity index (χ0v) is 11.6. The summed E-state index contributed by atoms with van der Waals surface area (Å²) in [6.45, 7) is 8.40. The van der Waals surface area contributed by atoms with Crippen LogP contribution in [0, 0.1) is 5.92 Å². The maximum absolute atomic E-state index is 3.78. The molecule has 0 bridgehead atoms. The number of hydrogen-bond acceptors (Lipinski definition) is 0. The predicted octanol–water partition coefficient (Wildman–Crippen LogP) is 6.12. The lowest BCUT2D eigenvalue weighted by molar-refractivity contribution is 0.382. The van der Waals surface area contributed by atoms with Crippen LogP contribution in [0.5, 0.6) is 0 Å². The summed E-state index contributed by atoms with van der Waals surface area (Å²) in [4.78, 5) is 0. The van der Waals surface area contributed by atoms with Crippen LogP contribution in [0.25, 0.3) is 0 Å². The first kappa shape index (κ1) is 15.7. The van der Waals surface area contributed by atoms with Gasteiger partial charge in [0, 0.05) is 0 Å². The zero-order valence-electron chi connectivity index (χ0n) is 11.6. The summed E-state index contributed by atoms with van der Waals surface area (Å²) in [5.41, 5.74) is 0. The van der Waals surface area contributed by atoms with Crippen LogP contribution in [0.15, 0.2) is 12.7 Å². The molecule has 0 fully saturated rings. The average molecular weight is 224 g/mol. The topological polar surface area (TPSA) is 0 Å². The fourth-order valence-corrected chi connectivity index (χ4v) is 2.42. The normalized spacial score (nSPS) is 12.6. The molecule has 16 heavy (non-hydrogen) atoms. The second-order valence-corrected chi connectivity index (χ2v) is 5.08. The summed E-state index contributed by atoms with van der Waals surface area (Å²) in [6.07, 6.45) is 17.4. The molecule has 96 valence electrons. The Morgan fingerprint density at radius 2 is 1.50 bits per heavy atom. The molecule has 0 aliphatic carbocycles. The molecule has 0 saturated carbocycles. The molecule has 0 heterocycles. The highest BCUT2D eigenvalue weighted by molar-refractivity contribution is 4.67. The first-order valence-corrected chi connectivity index (χ1v) is 7.46. The minimum absolute atomic E-state index is 1.01. The van der Waals surface area contributed by atoms with E-state index < -0.39 is 0 Å². The standard InChI is InChI=1S/C16H32/c1-4-7-9-11-14-16(13-6-3)15-12-10-8-5-2/h4,16H,1,5-15H2,2-3H3. The summed E-state index contributed by atoms with van der Waals surface area (Å²) in [7, 11) is 0. The lowest BCUT2D eigenvalue weighted by atomic mass is 9.91. The highest BCUT2D eigenvalue weighted by atomic mass is 14.1. The van der Waals surface area contributed by atoms with Crippen molar-refractivity contribution in [2.24, 2.45) is 5.92 Å². The third-order valence-electron chi connectivity index (χ3n) is 3.43. The molecule has 0 saturated heterocycles. The molecule has 1 unspecified atom stereocenters. The first-order chi connectivity index (χ1) is 7.85. The number of allylic oxidation sites excluding steroid dienone is 1. The smallest absolute Gasteiger partial charge is 0.0353 e. The van der Waals surface area contributed by atoms with Crippen LogP contribution >= 0.6 is 0 Å². The van der Waals surface area contributed by atoms with Crippen molar-refractivity contribution in [1.29, 1.82) is 0 Å². The summed E-state index contributed by atoms with van der Waals surface area (Å²) >= 11 is 0. The Morgan fingerprint density at radius 3 is 2.06 bits per heavy atom. The highest BCUT2D eigenvalue weighted by Gasteiger charge is 2.06. The van der Waals surface area contributed by atoms with Gasteiger partial charge >= 0.3 is 0 Å². The van der Waals surface area contributed by atoms with Crippen molar-refractivity contribution in [3.05, 3.63) is 12.7 Å². The van der Waals surface area contributed by atoms with E-state index in [0.29, 0.717) is 0 Å². The molecule has 0 N–H and O–H groups in total. The Labute approximate surface area is 104 Å². The lowest BCUT2D eigenvalue weighted by Crippen LogP contribution is -2.00. The van der Waals surface area contributed by atoms with Gasteiger partial charge in [-0.15, -0.1) is 6.58 Å². The van der Waals surface area contributed by atoms with E-state index in [1.165, 1.54) is 70.6 Å². The van der Waals surface area contributed by atoms with Gasteiger partial charge in [-0.2, -0.15) is 0 Å². The maximum atomic E-state index is 3.78. The fraction of sp³-hybridized carbons (Fsp3) is 0.875. The largest absolute Gasteiger partial charge is 0.103 e. The quantitative estimate of drug-likeness (QED) is 0.277. The summed E-state index contributed by atoms with van der Waals surface area (Å²) in [6, 6.07) is 0. The second-order valence-electron chi connectivity index (χ2n) is 5.08. The Bertz CT molecular complexity index is 137. The minimum Gasteiger partial charge on any atom is -0.103 e. The van der Waals surface area contributed by atoms with Crippen molar-refractivity contribution < 1.29 is 0 Å². The van der Waals surface area contributed by atoms with E-state index in [4.69, 9.17) is 0 Å². The maximum Gasteiger partial charge on any atom is -0.0353 e. The van der Waals surface area contributed by atoms with E-state index in [9.17, 15) is 0 Å². The van der Waals surface area contributed by atoms with E-state index in [0.717, 1.165) is 5.92 Å². The molecule has 0 radical (unpaired) electrons. The molecular formula is C16H32. The van der Waals surface area contributed by atoms with Crippen molar-refractivity contribution >= 4 is 0 Å². The van der Waals surface area contributed by atoms with Crippen LogP contribution in [-0.2, 0) is 0 Å². The van der Waals surface area contributed by atoms with Crippen LogP contribution < -0.4 is 0 Å². The lowest BCUT2D eigenvalue weighted by Gasteiger charge is -2.15. The molecule has 0 rings (SSSR count). The third kappa shape index (κ3) is 10.3. The molecule has 0 aliphatic heterocycles. The number of rotatable bonds is 12. The van der Waals surface area contributed by atoms with Gasteiger partial charge in [-0.05, 0) is 18.8 Å². The van der Waals surface area contributed by atoms with Crippen molar-refractivity contribution in [2.45, 2.75) is 84.5 Å². The third-order valence-corrected chi connectivity index (χ3v) is 3.43. The van der Waals surface area contributed by atoms with Crippen LogP contribution in [-0.4, -0.2) is 0 Å². The summed E-state index contributed by atoms with van der Waals surface area (Å²) < 4.78 is 0. The Kier molecular flexibility index (Phi) is 12.6. The van der Waals surface area contributed by atoms with Crippen molar-refractivity contribution in [3.8, 4) is 0 Å². The molecule has 1 atom stereocenters. The van der Waals surface area contributed by atoms with E-state index in [1.54, 1.807) is 0 Å². The molecule has 0 aromatic rings. The van der Waals surface area contributed by atoms with E-state index in [-0.39, 0.29) is 0 Å². The number of unbranched alkanes of at least 4 members (excludes halogenated alkanes) is 5. The highest BCUT2D eigenvalue weighted by Crippen LogP contribution is 2.22. The van der Waals surface area contributed by atoms with Gasteiger partial charge in [0.25, 0.3) is 0 Å². The monoisotopic (exact) mass is 224 g/mol. The van der Waals surface area contributed by atoms with Crippen molar-refractivity contribution in [3.63, 3.8) is 0 Å². The average Bonchev–Trinajstić information content (AvgIpc) is 2.30. The van der Waals surface area contributed by atoms with Gasteiger partial charge in [0.2, 0.25) is 0 Å². The van der Waals surface area contributed by atoms with Gasteiger partial charge in [0.05, 0.1) is 0 Å². The Balaban J connectivity index is 3.49. The molecular weight excluding hydrogens is 192 g/mol. The summed E-state index contributed by atoms with van der Waals surface area (Å²) in [5.74, 6) is 1.01.